The van der Waals surface area contributed by atoms with Crippen LogP contribution in [0.1, 0.15) is 24.5 Å². The van der Waals surface area contributed by atoms with Crippen LogP contribution in [0.5, 0.6) is 11.5 Å². The SMILES string of the molecule is CC[C@@H](Oc1cccc(OC)c1)C(=O)NCCSCc1ccccc1C. The maximum atomic E-state index is 12.3. The number of carbonyl (C=O) groups is 1. The van der Waals surface area contributed by atoms with E-state index in [1.165, 1.54) is 11.1 Å². The molecule has 5 heteroatoms. The van der Waals surface area contributed by atoms with Crippen LogP contribution < -0.4 is 14.8 Å². The summed E-state index contributed by atoms with van der Waals surface area (Å²) in [5.41, 5.74) is 2.65. The van der Waals surface area contributed by atoms with Gasteiger partial charge in [-0.25, -0.2) is 0 Å². The third-order valence-electron chi connectivity index (χ3n) is 4.05. The number of benzene rings is 2. The first kappa shape index (κ1) is 20.2. The first-order valence-corrected chi connectivity index (χ1v) is 10.00. The molecule has 0 heterocycles. The summed E-state index contributed by atoms with van der Waals surface area (Å²) < 4.78 is 11.0. The van der Waals surface area contributed by atoms with Crippen molar-refractivity contribution in [3.8, 4) is 11.5 Å². The zero-order chi connectivity index (χ0) is 18.8. The van der Waals surface area contributed by atoms with E-state index in [1.54, 1.807) is 13.2 Å². The van der Waals surface area contributed by atoms with Crippen LogP contribution in [0.15, 0.2) is 48.5 Å². The molecular formula is C21H27NO3S. The molecule has 0 aromatic heterocycles. The van der Waals surface area contributed by atoms with E-state index in [-0.39, 0.29) is 5.91 Å². The molecule has 0 saturated carbocycles. The molecule has 0 spiro atoms. The Morgan fingerprint density at radius 3 is 2.65 bits per heavy atom. The first-order chi connectivity index (χ1) is 12.6. The number of thioether (sulfide) groups is 1. The summed E-state index contributed by atoms with van der Waals surface area (Å²) in [6.45, 7) is 4.70. The van der Waals surface area contributed by atoms with E-state index in [1.807, 2.05) is 36.9 Å². The van der Waals surface area contributed by atoms with Crippen LogP contribution >= 0.6 is 11.8 Å². The number of carbonyl (C=O) groups excluding carboxylic acids is 1. The van der Waals surface area contributed by atoms with Crippen molar-refractivity contribution in [3.63, 3.8) is 0 Å². The van der Waals surface area contributed by atoms with Crippen LogP contribution in [0.25, 0.3) is 0 Å². The van der Waals surface area contributed by atoms with Crippen LogP contribution in [0.2, 0.25) is 0 Å². The van der Waals surface area contributed by atoms with Gasteiger partial charge in [0.15, 0.2) is 6.10 Å². The summed E-state index contributed by atoms with van der Waals surface area (Å²) in [5.74, 6) is 3.10. The maximum absolute atomic E-state index is 12.3. The second kappa shape index (κ2) is 10.8. The Morgan fingerprint density at radius 1 is 1.15 bits per heavy atom. The minimum atomic E-state index is -0.497. The Balaban J connectivity index is 1.73. The molecule has 4 nitrogen and oxygen atoms in total. The molecule has 2 aromatic carbocycles. The van der Waals surface area contributed by atoms with Gasteiger partial charge in [-0.2, -0.15) is 11.8 Å². The molecule has 2 rings (SSSR count). The van der Waals surface area contributed by atoms with Crippen molar-refractivity contribution in [2.75, 3.05) is 19.4 Å². The van der Waals surface area contributed by atoms with Gasteiger partial charge >= 0.3 is 0 Å². The lowest BCUT2D eigenvalue weighted by atomic mass is 10.1. The summed E-state index contributed by atoms with van der Waals surface area (Å²) in [5, 5.41) is 2.97. The van der Waals surface area contributed by atoms with Crippen molar-refractivity contribution in [2.45, 2.75) is 32.1 Å². The molecule has 2 aromatic rings. The standard InChI is InChI=1S/C21H27NO3S/c1-4-20(25-19-11-7-10-18(14-19)24-3)21(23)22-12-13-26-15-17-9-6-5-8-16(17)2/h5-11,14,20H,4,12-13,15H2,1-3H3,(H,22,23)/t20-/m1/s1. The van der Waals surface area contributed by atoms with Crippen molar-refractivity contribution < 1.29 is 14.3 Å². The molecule has 0 aliphatic carbocycles. The van der Waals surface area contributed by atoms with Gasteiger partial charge in [-0.3, -0.25) is 4.79 Å². The molecule has 0 unspecified atom stereocenters. The minimum absolute atomic E-state index is 0.0770. The molecule has 0 aliphatic rings. The van der Waals surface area contributed by atoms with Crippen LogP contribution in [-0.4, -0.2) is 31.4 Å². The second-order valence-corrected chi connectivity index (χ2v) is 7.07. The highest BCUT2D eigenvalue weighted by molar-refractivity contribution is 7.98. The molecule has 140 valence electrons. The third kappa shape index (κ3) is 6.30. The number of ether oxygens (including phenoxy) is 2. The third-order valence-corrected chi connectivity index (χ3v) is 5.06. The lowest BCUT2D eigenvalue weighted by molar-refractivity contribution is -0.127. The Bertz CT molecular complexity index is 705. The minimum Gasteiger partial charge on any atom is -0.497 e. The van der Waals surface area contributed by atoms with Crippen molar-refractivity contribution in [2.24, 2.45) is 0 Å². The molecule has 26 heavy (non-hydrogen) atoms. The summed E-state index contributed by atoms with van der Waals surface area (Å²) >= 11 is 1.82. The summed E-state index contributed by atoms with van der Waals surface area (Å²) in [4.78, 5) is 12.3. The van der Waals surface area contributed by atoms with Gasteiger partial charge < -0.3 is 14.8 Å². The summed E-state index contributed by atoms with van der Waals surface area (Å²) in [7, 11) is 1.61. The van der Waals surface area contributed by atoms with Gasteiger partial charge in [0.2, 0.25) is 0 Å². The fourth-order valence-corrected chi connectivity index (χ4v) is 3.41. The fourth-order valence-electron chi connectivity index (χ4n) is 2.48. The Morgan fingerprint density at radius 2 is 1.92 bits per heavy atom. The molecule has 0 bridgehead atoms. The lowest BCUT2D eigenvalue weighted by Crippen LogP contribution is -2.39. The van der Waals surface area contributed by atoms with Crippen LogP contribution in [0.4, 0.5) is 0 Å². The summed E-state index contributed by atoms with van der Waals surface area (Å²) in [6, 6.07) is 15.7. The zero-order valence-electron chi connectivity index (χ0n) is 15.7. The van der Waals surface area contributed by atoms with E-state index in [4.69, 9.17) is 9.47 Å². The van der Waals surface area contributed by atoms with E-state index in [0.29, 0.717) is 24.5 Å². The van der Waals surface area contributed by atoms with Gasteiger partial charge in [0.05, 0.1) is 7.11 Å². The molecule has 1 N–H and O–H groups in total. The average molecular weight is 374 g/mol. The van der Waals surface area contributed by atoms with Crippen molar-refractivity contribution in [3.05, 3.63) is 59.7 Å². The number of hydrogen-bond donors (Lipinski definition) is 1. The van der Waals surface area contributed by atoms with Crippen molar-refractivity contribution >= 4 is 17.7 Å². The highest BCUT2D eigenvalue weighted by Gasteiger charge is 2.18. The largest absolute Gasteiger partial charge is 0.497 e. The van der Waals surface area contributed by atoms with Crippen molar-refractivity contribution in [1.82, 2.24) is 5.32 Å². The molecule has 1 atom stereocenters. The number of nitrogens with one attached hydrogen (secondary N) is 1. The Kier molecular flexibility index (Phi) is 8.35. The molecule has 0 saturated heterocycles. The normalized spacial score (nSPS) is 11.7. The molecule has 1 amide bonds. The predicted octanol–water partition coefficient (Wildman–Crippen LogP) is 4.21. The van der Waals surface area contributed by atoms with Crippen LogP contribution in [0, 0.1) is 6.92 Å². The number of methoxy groups -OCH3 is 1. The van der Waals surface area contributed by atoms with E-state index in [9.17, 15) is 4.79 Å². The predicted molar refractivity (Wildman–Crippen MR) is 108 cm³/mol. The van der Waals surface area contributed by atoms with Gasteiger partial charge in [0.1, 0.15) is 11.5 Å². The second-order valence-electron chi connectivity index (χ2n) is 5.96. The highest BCUT2D eigenvalue weighted by atomic mass is 32.2. The maximum Gasteiger partial charge on any atom is 0.261 e. The first-order valence-electron chi connectivity index (χ1n) is 8.84. The van der Waals surface area contributed by atoms with E-state index in [0.717, 1.165) is 11.5 Å². The molecular weight excluding hydrogens is 346 g/mol. The monoisotopic (exact) mass is 373 g/mol. The van der Waals surface area contributed by atoms with Gasteiger partial charge in [0, 0.05) is 24.1 Å². The Labute approximate surface area is 160 Å². The van der Waals surface area contributed by atoms with Crippen molar-refractivity contribution in [1.29, 1.82) is 0 Å². The van der Waals surface area contributed by atoms with E-state index < -0.39 is 6.10 Å². The van der Waals surface area contributed by atoms with E-state index in [2.05, 4.69) is 36.5 Å². The zero-order valence-corrected chi connectivity index (χ0v) is 16.5. The molecule has 0 aliphatic heterocycles. The smallest absolute Gasteiger partial charge is 0.261 e. The van der Waals surface area contributed by atoms with Gasteiger partial charge in [-0.05, 0) is 36.6 Å². The lowest BCUT2D eigenvalue weighted by Gasteiger charge is -2.17. The number of hydrogen-bond acceptors (Lipinski definition) is 4. The van der Waals surface area contributed by atoms with Crippen LogP contribution in [0.3, 0.4) is 0 Å². The summed E-state index contributed by atoms with van der Waals surface area (Å²) in [6.07, 6.45) is 0.114. The molecule has 0 radical (unpaired) electrons. The number of amides is 1. The van der Waals surface area contributed by atoms with Gasteiger partial charge in [-0.15, -0.1) is 0 Å². The number of rotatable bonds is 10. The van der Waals surface area contributed by atoms with Gasteiger partial charge in [-0.1, -0.05) is 37.3 Å². The topological polar surface area (TPSA) is 47.6 Å². The number of aryl methyl sites for hydroxylation is 1. The molecule has 0 fully saturated rings. The average Bonchev–Trinajstić information content (AvgIpc) is 2.67. The quantitative estimate of drug-likeness (QED) is 0.634. The van der Waals surface area contributed by atoms with Crippen LogP contribution in [-0.2, 0) is 10.5 Å². The Hall–Kier alpha value is -2.14. The van der Waals surface area contributed by atoms with Gasteiger partial charge in [0.25, 0.3) is 5.91 Å². The fraction of sp³-hybridized carbons (Fsp3) is 0.381. The highest BCUT2D eigenvalue weighted by Crippen LogP contribution is 2.20. The van der Waals surface area contributed by atoms with E-state index >= 15 is 0 Å².